The molecule has 3 rings (SSSR count). The van der Waals surface area contributed by atoms with Crippen molar-refractivity contribution in [1.82, 2.24) is 5.32 Å². The number of amides is 1. The average molecular weight is 265 g/mol. The molecule has 2 aliphatic carbocycles. The van der Waals surface area contributed by atoms with Crippen LogP contribution in [0.2, 0.25) is 0 Å². The molecule has 2 N–H and O–H groups in total. The van der Waals surface area contributed by atoms with Crippen LogP contribution >= 0.6 is 0 Å². The Kier molecular flexibility index (Phi) is 2.45. The molecule has 0 spiro atoms. The SMILES string of the molecule is C=C(C)C(=O)NC1C2CC3C1OC(=O)C3C2C(=O)O. The summed E-state index contributed by atoms with van der Waals surface area (Å²) >= 11 is 0. The Morgan fingerprint density at radius 2 is 2.11 bits per heavy atom. The third kappa shape index (κ3) is 1.52. The molecule has 1 aliphatic heterocycles. The van der Waals surface area contributed by atoms with Gasteiger partial charge in [0, 0.05) is 11.5 Å². The van der Waals surface area contributed by atoms with Crippen LogP contribution in [0.15, 0.2) is 12.2 Å². The Morgan fingerprint density at radius 3 is 2.68 bits per heavy atom. The van der Waals surface area contributed by atoms with Gasteiger partial charge in [-0.3, -0.25) is 14.4 Å². The first-order valence-corrected chi connectivity index (χ1v) is 6.31. The first kappa shape index (κ1) is 12.2. The molecule has 1 saturated heterocycles. The zero-order chi connectivity index (χ0) is 13.9. The topological polar surface area (TPSA) is 92.7 Å². The molecule has 2 saturated carbocycles. The van der Waals surface area contributed by atoms with E-state index in [-0.39, 0.29) is 23.8 Å². The molecule has 0 radical (unpaired) electrons. The smallest absolute Gasteiger partial charge is 0.310 e. The van der Waals surface area contributed by atoms with E-state index in [4.69, 9.17) is 4.74 Å². The van der Waals surface area contributed by atoms with E-state index in [2.05, 4.69) is 11.9 Å². The fourth-order valence-corrected chi connectivity index (χ4v) is 3.85. The van der Waals surface area contributed by atoms with Crippen LogP contribution in [0.25, 0.3) is 0 Å². The van der Waals surface area contributed by atoms with E-state index in [0.29, 0.717) is 12.0 Å². The van der Waals surface area contributed by atoms with Gasteiger partial charge in [-0.25, -0.2) is 0 Å². The molecule has 3 fully saturated rings. The maximum Gasteiger partial charge on any atom is 0.310 e. The predicted molar refractivity (Wildman–Crippen MR) is 62.8 cm³/mol. The lowest BCUT2D eigenvalue weighted by atomic mass is 9.77. The third-order valence-corrected chi connectivity index (χ3v) is 4.59. The molecule has 19 heavy (non-hydrogen) atoms. The predicted octanol–water partition coefficient (Wildman–Crippen LogP) is -0.0606. The minimum Gasteiger partial charge on any atom is -0.481 e. The number of hydrogen-bond donors (Lipinski definition) is 2. The maximum atomic E-state index is 11.8. The van der Waals surface area contributed by atoms with Crippen LogP contribution in [0, 0.1) is 23.7 Å². The number of esters is 1. The molecule has 6 unspecified atom stereocenters. The van der Waals surface area contributed by atoms with Crippen molar-refractivity contribution >= 4 is 17.8 Å². The summed E-state index contributed by atoms with van der Waals surface area (Å²) in [6.45, 7) is 5.14. The summed E-state index contributed by atoms with van der Waals surface area (Å²) < 4.78 is 5.27. The molecule has 2 bridgehead atoms. The van der Waals surface area contributed by atoms with Gasteiger partial charge in [-0.2, -0.15) is 0 Å². The van der Waals surface area contributed by atoms with Crippen molar-refractivity contribution in [2.75, 3.05) is 0 Å². The number of fused-ring (bicyclic) bond motifs is 1. The second-order valence-electron chi connectivity index (χ2n) is 5.63. The van der Waals surface area contributed by atoms with Crippen LogP contribution in [0.5, 0.6) is 0 Å². The normalized spacial score (nSPS) is 42.1. The lowest BCUT2D eigenvalue weighted by Crippen LogP contribution is -2.50. The first-order valence-electron chi connectivity index (χ1n) is 6.31. The zero-order valence-electron chi connectivity index (χ0n) is 10.5. The molecule has 1 heterocycles. The number of rotatable bonds is 3. The van der Waals surface area contributed by atoms with Crippen LogP contribution in [0.4, 0.5) is 0 Å². The Balaban J connectivity index is 1.88. The Morgan fingerprint density at radius 1 is 1.42 bits per heavy atom. The van der Waals surface area contributed by atoms with Crippen molar-refractivity contribution in [1.29, 1.82) is 0 Å². The third-order valence-electron chi connectivity index (χ3n) is 4.59. The summed E-state index contributed by atoms with van der Waals surface area (Å²) in [5.74, 6) is -3.32. The standard InChI is InChI=1S/C13H15NO5/c1-4(2)11(15)14-9-5-3-6-8(7(5)12(16)17)13(18)19-10(6)9/h5-10H,1,3H2,2H3,(H,14,15)(H,16,17). The van der Waals surface area contributed by atoms with Crippen molar-refractivity contribution in [3.63, 3.8) is 0 Å². The van der Waals surface area contributed by atoms with Gasteiger partial charge in [0.2, 0.25) is 5.91 Å². The highest BCUT2D eigenvalue weighted by Gasteiger charge is 2.68. The van der Waals surface area contributed by atoms with E-state index in [1.807, 2.05) is 0 Å². The molecule has 0 aromatic carbocycles. The van der Waals surface area contributed by atoms with E-state index in [1.165, 1.54) is 0 Å². The summed E-state index contributed by atoms with van der Waals surface area (Å²) in [4.78, 5) is 34.8. The summed E-state index contributed by atoms with van der Waals surface area (Å²) in [5, 5.41) is 12.1. The van der Waals surface area contributed by atoms with Crippen molar-refractivity contribution in [3.8, 4) is 0 Å². The zero-order valence-corrected chi connectivity index (χ0v) is 10.5. The molecule has 3 aliphatic rings. The van der Waals surface area contributed by atoms with E-state index >= 15 is 0 Å². The molecule has 6 atom stereocenters. The summed E-state index contributed by atoms with van der Waals surface area (Å²) in [6, 6.07) is -0.405. The van der Waals surface area contributed by atoms with Gasteiger partial charge in [0.1, 0.15) is 6.10 Å². The van der Waals surface area contributed by atoms with Crippen molar-refractivity contribution in [2.24, 2.45) is 23.7 Å². The summed E-state index contributed by atoms with van der Waals surface area (Å²) in [6.07, 6.45) is 0.250. The number of carboxylic acid groups (broad SMARTS) is 1. The van der Waals surface area contributed by atoms with Crippen molar-refractivity contribution in [2.45, 2.75) is 25.5 Å². The van der Waals surface area contributed by atoms with Crippen LogP contribution < -0.4 is 5.32 Å². The van der Waals surface area contributed by atoms with Gasteiger partial charge >= 0.3 is 11.9 Å². The first-order chi connectivity index (χ1) is 8.91. The lowest BCUT2D eigenvalue weighted by molar-refractivity contribution is -0.151. The molecule has 6 nitrogen and oxygen atoms in total. The highest BCUT2D eigenvalue weighted by Crippen LogP contribution is 2.57. The molecular formula is C13H15NO5. The molecule has 0 aromatic rings. The van der Waals surface area contributed by atoms with Crippen LogP contribution in [0.1, 0.15) is 13.3 Å². The van der Waals surface area contributed by atoms with Gasteiger partial charge in [-0.1, -0.05) is 6.58 Å². The number of hydrogen-bond acceptors (Lipinski definition) is 4. The van der Waals surface area contributed by atoms with Gasteiger partial charge < -0.3 is 15.2 Å². The highest BCUT2D eigenvalue weighted by molar-refractivity contribution is 5.93. The Labute approximate surface area is 109 Å². The lowest BCUT2D eigenvalue weighted by Gasteiger charge is -2.30. The molecule has 6 heteroatoms. The summed E-state index contributed by atoms with van der Waals surface area (Å²) in [7, 11) is 0. The van der Waals surface area contributed by atoms with Crippen molar-refractivity contribution < 1.29 is 24.2 Å². The van der Waals surface area contributed by atoms with E-state index in [9.17, 15) is 19.5 Å². The number of ether oxygens (including phenoxy) is 1. The highest BCUT2D eigenvalue weighted by atomic mass is 16.6. The largest absolute Gasteiger partial charge is 0.481 e. The fourth-order valence-electron chi connectivity index (χ4n) is 3.85. The minimum atomic E-state index is -0.982. The van der Waals surface area contributed by atoms with Gasteiger partial charge in [0.05, 0.1) is 17.9 Å². The molecular weight excluding hydrogens is 250 g/mol. The van der Waals surface area contributed by atoms with Crippen molar-refractivity contribution in [3.05, 3.63) is 12.2 Å². The second-order valence-corrected chi connectivity index (χ2v) is 5.63. The Bertz CT molecular complexity index is 499. The quantitative estimate of drug-likeness (QED) is 0.551. The van der Waals surface area contributed by atoms with Gasteiger partial charge in [0.25, 0.3) is 0 Å². The number of carbonyl (C=O) groups excluding carboxylic acids is 2. The van der Waals surface area contributed by atoms with Crippen LogP contribution in [-0.4, -0.2) is 35.1 Å². The van der Waals surface area contributed by atoms with E-state index in [1.54, 1.807) is 6.92 Å². The molecule has 102 valence electrons. The average Bonchev–Trinajstić information content (AvgIpc) is 2.91. The van der Waals surface area contributed by atoms with Gasteiger partial charge in [-0.05, 0) is 19.3 Å². The Hall–Kier alpha value is -1.85. The number of nitrogens with one attached hydrogen (secondary N) is 1. The minimum absolute atomic E-state index is 0.0750. The monoisotopic (exact) mass is 265 g/mol. The fraction of sp³-hybridized carbons (Fsp3) is 0.615. The number of aliphatic carboxylic acids is 1. The summed E-state index contributed by atoms with van der Waals surface area (Å²) in [5.41, 5.74) is 0.357. The number of carbonyl (C=O) groups is 3. The van der Waals surface area contributed by atoms with Crippen LogP contribution in [0.3, 0.4) is 0 Å². The van der Waals surface area contributed by atoms with Crippen LogP contribution in [-0.2, 0) is 19.1 Å². The van der Waals surface area contributed by atoms with E-state index < -0.39 is 29.8 Å². The van der Waals surface area contributed by atoms with Gasteiger partial charge in [0.15, 0.2) is 0 Å². The maximum absolute atomic E-state index is 11.8. The molecule has 0 aromatic heterocycles. The number of carboxylic acids is 1. The molecule has 1 amide bonds. The van der Waals surface area contributed by atoms with Gasteiger partial charge in [-0.15, -0.1) is 0 Å². The second kappa shape index (κ2) is 3.82. The van der Waals surface area contributed by atoms with E-state index in [0.717, 1.165) is 0 Å².